The first-order valence-corrected chi connectivity index (χ1v) is 12.3. The Morgan fingerprint density at radius 1 is 0.474 bits per heavy atom. The minimum atomic E-state index is 0.287. The van der Waals surface area contributed by atoms with Gasteiger partial charge in [-0.2, -0.15) is 15.0 Å². The van der Waals surface area contributed by atoms with Gasteiger partial charge < -0.3 is 0 Å². The average molecular weight is 492 g/mol. The van der Waals surface area contributed by atoms with E-state index in [-0.39, 0.29) is 11.9 Å². The van der Waals surface area contributed by atoms with Gasteiger partial charge in [0, 0.05) is 11.1 Å². The molecule has 0 unspecified atom stereocenters. The summed E-state index contributed by atoms with van der Waals surface area (Å²) in [7, 11) is 0. The summed E-state index contributed by atoms with van der Waals surface area (Å²) in [6, 6.07) is 40.1. The van der Waals surface area contributed by atoms with Crippen molar-refractivity contribution in [3.8, 4) is 0 Å². The Hall–Kier alpha value is -5.29. The van der Waals surface area contributed by atoms with Crippen molar-refractivity contribution in [2.75, 3.05) is 0 Å². The SMILES string of the molecule is C(=C\c1ccccc1)/C(=N/c1ncnc(/N=C(/C=C/c2ccccc2)c2ccccc2)n1)c1ccccc1. The molecule has 0 amide bonds. The summed E-state index contributed by atoms with van der Waals surface area (Å²) in [6.45, 7) is 0. The lowest BCUT2D eigenvalue weighted by Gasteiger charge is -2.04. The predicted molar refractivity (Wildman–Crippen MR) is 156 cm³/mol. The second-order valence-electron chi connectivity index (χ2n) is 8.30. The molecule has 5 heteroatoms. The summed E-state index contributed by atoms with van der Waals surface area (Å²) in [5.41, 5.74) is 5.55. The maximum Gasteiger partial charge on any atom is 0.254 e. The Morgan fingerprint density at radius 2 is 0.842 bits per heavy atom. The van der Waals surface area contributed by atoms with Crippen LogP contribution in [0.3, 0.4) is 0 Å². The number of hydrogen-bond donors (Lipinski definition) is 0. The highest BCUT2D eigenvalue weighted by atomic mass is 15.2. The third-order valence-electron chi connectivity index (χ3n) is 5.59. The van der Waals surface area contributed by atoms with Crippen molar-refractivity contribution in [1.29, 1.82) is 0 Å². The fourth-order valence-corrected chi connectivity index (χ4v) is 3.70. The number of aromatic nitrogens is 3. The second-order valence-corrected chi connectivity index (χ2v) is 8.30. The zero-order valence-corrected chi connectivity index (χ0v) is 20.7. The molecule has 0 bridgehead atoms. The van der Waals surface area contributed by atoms with Crippen LogP contribution in [0, 0.1) is 0 Å². The molecule has 38 heavy (non-hydrogen) atoms. The number of hydrogen-bond acceptors (Lipinski definition) is 5. The quantitative estimate of drug-likeness (QED) is 0.211. The minimum Gasteiger partial charge on any atom is -0.211 e. The van der Waals surface area contributed by atoms with E-state index < -0.39 is 0 Å². The lowest BCUT2D eigenvalue weighted by Crippen LogP contribution is -1.99. The molecule has 5 aromatic rings. The van der Waals surface area contributed by atoms with Crippen LogP contribution in [0.25, 0.3) is 12.2 Å². The number of rotatable bonds is 8. The highest BCUT2D eigenvalue weighted by molar-refractivity contribution is 6.12. The van der Waals surface area contributed by atoms with E-state index in [1.807, 2.05) is 146 Å². The summed E-state index contributed by atoms with van der Waals surface area (Å²) in [4.78, 5) is 22.7. The molecule has 0 aliphatic heterocycles. The lowest BCUT2D eigenvalue weighted by atomic mass is 10.1. The van der Waals surface area contributed by atoms with Crippen LogP contribution >= 0.6 is 0 Å². The highest BCUT2D eigenvalue weighted by Gasteiger charge is 2.06. The van der Waals surface area contributed by atoms with E-state index in [1.54, 1.807) is 0 Å². The van der Waals surface area contributed by atoms with Crippen LogP contribution in [-0.2, 0) is 0 Å². The summed E-state index contributed by atoms with van der Waals surface area (Å²) in [6.07, 6.45) is 9.42. The van der Waals surface area contributed by atoms with Gasteiger partial charge >= 0.3 is 0 Å². The van der Waals surface area contributed by atoms with Crippen LogP contribution in [0.4, 0.5) is 11.9 Å². The number of nitrogens with zero attached hydrogens (tertiary/aromatic N) is 5. The van der Waals surface area contributed by atoms with Crippen molar-refractivity contribution in [3.05, 3.63) is 162 Å². The third-order valence-corrected chi connectivity index (χ3v) is 5.59. The molecule has 0 spiro atoms. The molecule has 0 aliphatic carbocycles. The first-order chi connectivity index (χ1) is 18.8. The first-order valence-electron chi connectivity index (χ1n) is 12.3. The molecule has 1 aromatic heterocycles. The van der Waals surface area contributed by atoms with Gasteiger partial charge in [0.25, 0.3) is 11.9 Å². The topological polar surface area (TPSA) is 63.4 Å². The van der Waals surface area contributed by atoms with E-state index in [9.17, 15) is 0 Å². The van der Waals surface area contributed by atoms with Gasteiger partial charge in [-0.25, -0.2) is 9.98 Å². The van der Waals surface area contributed by atoms with E-state index in [0.717, 1.165) is 33.7 Å². The standard InChI is InChI=1S/C33H25N5/c1-5-13-26(14-6-1)21-23-30(28-17-9-3-10-18-28)36-32-34-25-35-33(38-32)37-31(29-19-11-4-12-20-29)24-22-27-15-7-2-8-16-27/h1-25H/b23-21+,24-22+,36-30-,37-31-. The van der Waals surface area contributed by atoms with E-state index in [2.05, 4.69) is 15.0 Å². The molecule has 5 nitrogen and oxygen atoms in total. The molecule has 0 saturated heterocycles. The van der Waals surface area contributed by atoms with Crippen molar-refractivity contribution in [2.45, 2.75) is 0 Å². The van der Waals surface area contributed by atoms with E-state index in [1.165, 1.54) is 6.33 Å². The molecule has 0 atom stereocenters. The fraction of sp³-hybridized carbons (Fsp3) is 0. The van der Waals surface area contributed by atoms with Crippen LogP contribution in [0.1, 0.15) is 22.3 Å². The molecular weight excluding hydrogens is 466 g/mol. The first kappa shape index (κ1) is 24.4. The number of benzene rings is 4. The zero-order valence-electron chi connectivity index (χ0n) is 20.7. The van der Waals surface area contributed by atoms with Crippen molar-refractivity contribution >= 4 is 35.5 Å². The van der Waals surface area contributed by atoms with Crippen LogP contribution in [0.2, 0.25) is 0 Å². The van der Waals surface area contributed by atoms with Gasteiger partial charge in [-0.3, -0.25) is 0 Å². The van der Waals surface area contributed by atoms with E-state index in [0.29, 0.717) is 0 Å². The molecular formula is C33H25N5. The number of aliphatic imine (C=N–C) groups is 2. The molecule has 0 N–H and O–H groups in total. The van der Waals surface area contributed by atoms with Gasteiger partial charge in [0.05, 0.1) is 11.4 Å². The summed E-state index contributed by atoms with van der Waals surface area (Å²) in [5, 5.41) is 0. The summed E-state index contributed by atoms with van der Waals surface area (Å²) >= 11 is 0. The molecule has 0 fully saturated rings. The van der Waals surface area contributed by atoms with Crippen LogP contribution in [-0.4, -0.2) is 26.4 Å². The maximum absolute atomic E-state index is 4.76. The van der Waals surface area contributed by atoms with Crippen molar-refractivity contribution in [2.24, 2.45) is 9.98 Å². The third kappa shape index (κ3) is 6.89. The lowest BCUT2D eigenvalue weighted by molar-refractivity contribution is 1.03. The molecule has 5 rings (SSSR count). The normalized spacial score (nSPS) is 12.3. The molecule has 1 heterocycles. The van der Waals surface area contributed by atoms with Crippen LogP contribution in [0.15, 0.2) is 150 Å². The zero-order chi connectivity index (χ0) is 25.8. The van der Waals surface area contributed by atoms with Crippen molar-refractivity contribution in [3.63, 3.8) is 0 Å². The molecule has 0 saturated carbocycles. The fourth-order valence-electron chi connectivity index (χ4n) is 3.70. The monoisotopic (exact) mass is 491 g/mol. The molecule has 4 aromatic carbocycles. The van der Waals surface area contributed by atoms with Gasteiger partial charge in [-0.15, -0.1) is 0 Å². The van der Waals surface area contributed by atoms with E-state index in [4.69, 9.17) is 9.98 Å². The van der Waals surface area contributed by atoms with Gasteiger partial charge in [0.15, 0.2) is 0 Å². The van der Waals surface area contributed by atoms with Gasteiger partial charge in [0.2, 0.25) is 0 Å². The molecule has 0 aliphatic rings. The molecule has 0 radical (unpaired) electrons. The minimum absolute atomic E-state index is 0.287. The highest BCUT2D eigenvalue weighted by Crippen LogP contribution is 2.16. The average Bonchev–Trinajstić information content (AvgIpc) is 2.99. The van der Waals surface area contributed by atoms with Gasteiger partial charge in [-0.1, -0.05) is 133 Å². The largest absolute Gasteiger partial charge is 0.254 e. The summed E-state index contributed by atoms with van der Waals surface area (Å²) in [5.74, 6) is 0.574. The Bertz CT molecular complexity index is 1460. The van der Waals surface area contributed by atoms with Crippen molar-refractivity contribution < 1.29 is 0 Å². The van der Waals surface area contributed by atoms with Crippen LogP contribution in [0.5, 0.6) is 0 Å². The Kier molecular flexibility index (Phi) is 8.10. The predicted octanol–water partition coefficient (Wildman–Crippen LogP) is 7.54. The van der Waals surface area contributed by atoms with E-state index >= 15 is 0 Å². The van der Waals surface area contributed by atoms with Gasteiger partial charge in [0.1, 0.15) is 6.33 Å². The summed E-state index contributed by atoms with van der Waals surface area (Å²) < 4.78 is 0. The smallest absolute Gasteiger partial charge is 0.211 e. The number of allylic oxidation sites excluding steroid dienone is 2. The Balaban J connectivity index is 1.51. The van der Waals surface area contributed by atoms with Gasteiger partial charge in [-0.05, 0) is 23.3 Å². The Morgan fingerprint density at radius 3 is 1.24 bits per heavy atom. The molecule has 182 valence electrons. The Labute approximate surface area is 222 Å². The van der Waals surface area contributed by atoms with Crippen LogP contribution < -0.4 is 0 Å². The maximum atomic E-state index is 4.76. The van der Waals surface area contributed by atoms with Crippen molar-refractivity contribution in [1.82, 2.24) is 15.0 Å². The second kappa shape index (κ2) is 12.6.